The Hall–Kier alpha value is -2.43. The van der Waals surface area contributed by atoms with Crippen molar-refractivity contribution < 1.29 is 19.1 Å². The molecule has 0 spiro atoms. The molecule has 23 heavy (non-hydrogen) atoms. The lowest BCUT2D eigenvalue weighted by atomic mass is 9.63. The molecule has 5 heteroatoms. The fourth-order valence-electron chi connectivity index (χ4n) is 4.22. The minimum atomic E-state index is -0.481. The summed E-state index contributed by atoms with van der Waals surface area (Å²) in [7, 11) is 1.30. The van der Waals surface area contributed by atoms with E-state index in [-0.39, 0.29) is 35.5 Å². The number of methoxy groups -OCH3 is 1. The topological polar surface area (TPSA) is 63.7 Å². The maximum atomic E-state index is 12.8. The van der Waals surface area contributed by atoms with Crippen molar-refractivity contribution in [2.24, 2.45) is 23.7 Å². The van der Waals surface area contributed by atoms with Crippen molar-refractivity contribution in [3.8, 4) is 0 Å². The summed E-state index contributed by atoms with van der Waals surface area (Å²) in [5.74, 6) is -0.918. The number of esters is 1. The summed E-state index contributed by atoms with van der Waals surface area (Å²) in [5.41, 5.74) is 0.790. The molecule has 0 unspecified atom stereocenters. The summed E-state index contributed by atoms with van der Waals surface area (Å²) in [6.45, 7) is 0. The van der Waals surface area contributed by atoms with Crippen LogP contribution < -0.4 is 4.90 Å². The SMILES string of the molecule is COC(=O)c1cccc(N2C(=O)[C@@H]3[C@@H](C2=O)[C@H]2C=C[C@H]3CC2)c1. The lowest BCUT2D eigenvalue weighted by Crippen LogP contribution is -2.38. The maximum absolute atomic E-state index is 12.8. The van der Waals surface area contributed by atoms with Gasteiger partial charge >= 0.3 is 5.97 Å². The third kappa shape index (κ3) is 1.96. The molecule has 0 N–H and O–H groups in total. The number of hydrogen-bond donors (Lipinski definition) is 0. The molecule has 1 aromatic carbocycles. The van der Waals surface area contributed by atoms with E-state index in [1.54, 1.807) is 24.3 Å². The zero-order chi connectivity index (χ0) is 16.1. The minimum absolute atomic E-state index is 0.138. The van der Waals surface area contributed by atoms with Crippen molar-refractivity contribution in [1.82, 2.24) is 0 Å². The van der Waals surface area contributed by atoms with E-state index in [2.05, 4.69) is 12.2 Å². The summed E-state index contributed by atoms with van der Waals surface area (Å²) in [6, 6.07) is 6.51. The predicted octanol–water partition coefficient (Wildman–Crippen LogP) is 2.17. The van der Waals surface area contributed by atoms with Gasteiger partial charge in [0.25, 0.3) is 0 Å². The first kappa shape index (κ1) is 14.2. The van der Waals surface area contributed by atoms with Crippen molar-refractivity contribution >= 4 is 23.5 Å². The summed E-state index contributed by atoms with van der Waals surface area (Å²) in [4.78, 5) is 38.6. The van der Waals surface area contributed by atoms with E-state index in [1.807, 2.05) is 0 Å². The highest BCUT2D eigenvalue weighted by molar-refractivity contribution is 6.22. The van der Waals surface area contributed by atoms with Crippen molar-refractivity contribution in [3.05, 3.63) is 42.0 Å². The van der Waals surface area contributed by atoms with Crippen LogP contribution in [-0.2, 0) is 14.3 Å². The van der Waals surface area contributed by atoms with Crippen LogP contribution in [0.3, 0.4) is 0 Å². The Balaban J connectivity index is 1.72. The van der Waals surface area contributed by atoms with Gasteiger partial charge in [-0.2, -0.15) is 0 Å². The van der Waals surface area contributed by atoms with Gasteiger partial charge in [-0.25, -0.2) is 9.69 Å². The van der Waals surface area contributed by atoms with Crippen LogP contribution in [0.2, 0.25) is 0 Å². The molecule has 2 fully saturated rings. The molecule has 1 aromatic rings. The van der Waals surface area contributed by atoms with Crippen LogP contribution in [0.1, 0.15) is 23.2 Å². The van der Waals surface area contributed by atoms with E-state index in [0.29, 0.717) is 11.3 Å². The first-order valence-corrected chi connectivity index (χ1v) is 7.86. The highest BCUT2D eigenvalue weighted by Crippen LogP contribution is 2.50. The second-order valence-electron chi connectivity index (χ2n) is 6.40. The van der Waals surface area contributed by atoms with Gasteiger partial charge in [-0.3, -0.25) is 9.59 Å². The Kier molecular flexibility index (Phi) is 3.11. The molecule has 1 aliphatic heterocycles. The molecule has 1 saturated heterocycles. The predicted molar refractivity (Wildman–Crippen MR) is 82.6 cm³/mol. The van der Waals surface area contributed by atoms with Crippen molar-refractivity contribution in [2.45, 2.75) is 12.8 Å². The van der Waals surface area contributed by atoms with E-state index in [1.165, 1.54) is 12.0 Å². The zero-order valence-electron chi connectivity index (χ0n) is 12.8. The van der Waals surface area contributed by atoms with E-state index in [0.717, 1.165) is 12.8 Å². The molecule has 1 saturated carbocycles. The molecule has 118 valence electrons. The number of carbonyl (C=O) groups is 3. The molecule has 5 rings (SSSR count). The van der Waals surface area contributed by atoms with Gasteiger partial charge in [0.15, 0.2) is 0 Å². The minimum Gasteiger partial charge on any atom is -0.465 e. The standard InChI is InChI=1S/C18H17NO4/c1-23-18(22)12-3-2-4-13(9-12)19-16(20)14-10-5-6-11(8-7-10)15(14)17(19)21/h2-6,9-11,14-15H,7-8H2,1H3/t10-,11-,14-,15-/m0/s1. The number of hydrogen-bond acceptors (Lipinski definition) is 4. The van der Waals surface area contributed by atoms with Crippen LogP contribution in [-0.4, -0.2) is 24.9 Å². The average molecular weight is 311 g/mol. The Labute approximate surface area is 133 Å². The van der Waals surface area contributed by atoms with Gasteiger partial charge in [-0.1, -0.05) is 18.2 Å². The van der Waals surface area contributed by atoms with Crippen LogP contribution in [0.4, 0.5) is 5.69 Å². The Morgan fingerprint density at radius 2 is 1.70 bits per heavy atom. The first-order chi connectivity index (χ1) is 11.1. The zero-order valence-corrected chi connectivity index (χ0v) is 12.8. The van der Waals surface area contributed by atoms with Crippen molar-refractivity contribution in [2.75, 3.05) is 12.0 Å². The fraction of sp³-hybridized carbons (Fsp3) is 0.389. The molecular formula is C18H17NO4. The molecule has 0 aromatic heterocycles. The molecule has 4 atom stereocenters. The second kappa shape index (κ2) is 5.05. The highest BCUT2D eigenvalue weighted by atomic mass is 16.5. The van der Waals surface area contributed by atoms with E-state index in [9.17, 15) is 14.4 Å². The number of benzene rings is 1. The van der Waals surface area contributed by atoms with Crippen LogP contribution in [0.25, 0.3) is 0 Å². The van der Waals surface area contributed by atoms with E-state index in [4.69, 9.17) is 4.74 Å². The molecule has 2 amide bonds. The van der Waals surface area contributed by atoms with Crippen molar-refractivity contribution in [1.29, 1.82) is 0 Å². The van der Waals surface area contributed by atoms with Gasteiger partial charge in [-0.05, 0) is 42.9 Å². The number of allylic oxidation sites excluding steroid dienone is 2. The monoisotopic (exact) mass is 311 g/mol. The van der Waals surface area contributed by atoms with E-state index < -0.39 is 5.97 Å². The summed E-state index contributed by atoms with van der Waals surface area (Å²) in [6.07, 6.45) is 6.12. The first-order valence-electron chi connectivity index (χ1n) is 7.86. The molecule has 1 heterocycles. The normalized spacial score (nSPS) is 31.4. The number of ether oxygens (including phenoxy) is 1. The van der Waals surface area contributed by atoms with Gasteiger partial charge in [0.05, 0.1) is 30.2 Å². The van der Waals surface area contributed by atoms with E-state index >= 15 is 0 Å². The Morgan fingerprint density at radius 1 is 1.09 bits per heavy atom. The molecule has 2 bridgehead atoms. The number of fused-ring (bicyclic) bond motifs is 1. The molecule has 3 aliphatic carbocycles. The maximum Gasteiger partial charge on any atom is 0.337 e. The Bertz CT molecular complexity index is 706. The number of carbonyl (C=O) groups excluding carboxylic acids is 3. The number of nitrogens with zero attached hydrogens (tertiary/aromatic N) is 1. The lowest BCUT2D eigenvalue weighted by Gasteiger charge is -2.38. The van der Waals surface area contributed by atoms with Gasteiger partial charge in [0.2, 0.25) is 11.8 Å². The molecular weight excluding hydrogens is 294 g/mol. The number of amides is 2. The quantitative estimate of drug-likeness (QED) is 0.477. The lowest BCUT2D eigenvalue weighted by molar-refractivity contribution is -0.124. The molecule has 5 nitrogen and oxygen atoms in total. The third-order valence-electron chi connectivity index (χ3n) is 5.28. The van der Waals surface area contributed by atoms with Crippen LogP contribution >= 0.6 is 0 Å². The number of anilines is 1. The number of rotatable bonds is 2. The van der Waals surface area contributed by atoms with Gasteiger partial charge in [0, 0.05) is 0 Å². The van der Waals surface area contributed by atoms with Crippen molar-refractivity contribution in [3.63, 3.8) is 0 Å². The summed E-state index contributed by atoms with van der Waals surface area (Å²) >= 11 is 0. The van der Waals surface area contributed by atoms with Gasteiger partial charge < -0.3 is 4.74 Å². The fourth-order valence-corrected chi connectivity index (χ4v) is 4.22. The highest BCUT2D eigenvalue weighted by Gasteiger charge is 2.56. The largest absolute Gasteiger partial charge is 0.465 e. The number of imide groups is 1. The Morgan fingerprint density at radius 3 is 2.22 bits per heavy atom. The van der Waals surface area contributed by atoms with Gasteiger partial charge in [0.1, 0.15) is 0 Å². The average Bonchev–Trinajstić information content (AvgIpc) is 2.88. The molecule has 4 aliphatic rings. The van der Waals surface area contributed by atoms with Gasteiger partial charge in [-0.15, -0.1) is 0 Å². The van der Waals surface area contributed by atoms with Crippen LogP contribution in [0.15, 0.2) is 36.4 Å². The van der Waals surface area contributed by atoms with Crippen LogP contribution in [0, 0.1) is 23.7 Å². The third-order valence-corrected chi connectivity index (χ3v) is 5.28. The van der Waals surface area contributed by atoms with Crippen LogP contribution in [0.5, 0.6) is 0 Å². The summed E-state index contributed by atoms with van der Waals surface area (Å²) in [5, 5.41) is 0. The summed E-state index contributed by atoms with van der Waals surface area (Å²) < 4.78 is 4.71. The smallest absolute Gasteiger partial charge is 0.337 e. The second-order valence-corrected chi connectivity index (χ2v) is 6.40. The molecule has 0 radical (unpaired) electrons.